The maximum absolute atomic E-state index is 12.9. The standard InChI is InChI=1S/C23H24N4O2/c1-14(2)10-11-24-22(28)16-6-9-20-18(12-16)21-19(13-25-20)23(29)27(26-21)17-7-4-15(3)5-8-17/h4-9,12-14,26H,10-11H2,1-3H3,(H,24,28). The lowest BCUT2D eigenvalue weighted by Crippen LogP contribution is -2.25. The summed E-state index contributed by atoms with van der Waals surface area (Å²) in [6, 6.07) is 13.1. The molecule has 2 N–H and O–H groups in total. The number of nitrogens with one attached hydrogen (secondary N) is 2. The van der Waals surface area contributed by atoms with Crippen LogP contribution < -0.4 is 10.9 Å². The van der Waals surface area contributed by atoms with E-state index in [1.807, 2.05) is 37.3 Å². The summed E-state index contributed by atoms with van der Waals surface area (Å²) >= 11 is 0. The van der Waals surface area contributed by atoms with Crippen molar-refractivity contribution < 1.29 is 4.79 Å². The molecule has 4 aromatic rings. The zero-order valence-electron chi connectivity index (χ0n) is 16.8. The normalized spacial score (nSPS) is 11.4. The quantitative estimate of drug-likeness (QED) is 0.543. The number of hydrogen-bond donors (Lipinski definition) is 2. The van der Waals surface area contributed by atoms with Gasteiger partial charge in [0.05, 0.1) is 22.1 Å². The van der Waals surface area contributed by atoms with Gasteiger partial charge in [0.15, 0.2) is 0 Å². The first-order valence-corrected chi connectivity index (χ1v) is 9.83. The number of carbonyl (C=O) groups is 1. The largest absolute Gasteiger partial charge is 0.352 e. The molecular weight excluding hydrogens is 364 g/mol. The second-order valence-corrected chi connectivity index (χ2v) is 7.81. The first kappa shape index (κ1) is 18.9. The van der Waals surface area contributed by atoms with Crippen LogP contribution in [0.4, 0.5) is 0 Å². The second-order valence-electron chi connectivity index (χ2n) is 7.81. The van der Waals surface area contributed by atoms with Gasteiger partial charge >= 0.3 is 0 Å². The van der Waals surface area contributed by atoms with Gasteiger partial charge in [0.25, 0.3) is 11.5 Å². The molecule has 0 radical (unpaired) electrons. The molecular formula is C23H24N4O2. The summed E-state index contributed by atoms with van der Waals surface area (Å²) in [6.45, 7) is 6.89. The molecule has 2 heterocycles. The molecule has 0 saturated carbocycles. The molecule has 4 rings (SSSR count). The Balaban J connectivity index is 1.78. The molecule has 0 saturated heterocycles. The monoisotopic (exact) mass is 388 g/mol. The molecule has 29 heavy (non-hydrogen) atoms. The molecule has 2 aromatic heterocycles. The van der Waals surface area contributed by atoms with Crippen LogP contribution in [0.25, 0.3) is 27.5 Å². The predicted octanol–water partition coefficient (Wildman–Crippen LogP) is 3.95. The number of aryl methyl sites for hydroxylation is 1. The minimum atomic E-state index is -0.162. The third kappa shape index (κ3) is 3.66. The van der Waals surface area contributed by atoms with E-state index in [4.69, 9.17) is 0 Å². The fourth-order valence-corrected chi connectivity index (χ4v) is 3.35. The average Bonchev–Trinajstić information content (AvgIpc) is 3.05. The van der Waals surface area contributed by atoms with E-state index in [-0.39, 0.29) is 11.5 Å². The lowest BCUT2D eigenvalue weighted by atomic mass is 10.1. The predicted molar refractivity (Wildman–Crippen MR) is 116 cm³/mol. The van der Waals surface area contributed by atoms with Gasteiger partial charge in [0.2, 0.25) is 0 Å². The molecule has 0 bridgehead atoms. The van der Waals surface area contributed by atoms with Crippen LogP contribution in [0.15, 0.2) is 53.5 Å². The number of rotatable bonds is 5. The van der Waals surface area contributed by atoms with Crippen molar-refractivity contribution in [1.29, 1.82) is 0 Å². The van der Waals surface area contributed by atoms with Crippen LogP contribution >= 0.6 is 0 Å². The molecule has 6 nitrogen and oxygen atoms in total. The fourth-order valence-electron chi connectivity index (χ4n) is 3.35. The first-order valence-electron chi connectivity index (χ1n) is 9.83. The summed E-state index contributed by atoms with van der Waals surface area (Å²) in [4.78, 5) is 29.8. The third-order valence-corrected chi connectivity index (χ3v) is 5.09. The topological polar surface area (TPSA) is 79.8 Å². The number of pyridine rings is 1. The maximum Gasteiger partial charge on any atom is 0.280 e. The summed E-state index contributed by atoms with van der Waals surface area (Å²) in [5, 5.41) is 7.40. The number of benzene rings is 2. The van der Waals surface area contributed by atoms with E-state index in [9.17, 15) is 9.59 Å². The van der Waals surface area contributed by atoms with Crippen LogP contribution in [0.5, 0.6) is 0 Å². The molecule has 0 aliphatic rings. The Labute approximate surface area is 168 Å². The van der Waals surface area contributed by atoms with E-state index >= 15 is 0 Å². The van der Waals surface area contributed by atoms with Gasteiger partial charge in [-0.3, -0.25) is 19.7 Å². The summed E-state index contributed by atoms with van der Waals surface area (Å²) in [7, 11) is 0. The minimum Gasteiger partial charge on any atom is -0.352 e. The summed E-state index contributed by atoms with van der Waals surface area (Å²) in [6.07, 6.45) is 2.52. The highest BCUT2D eigenvalue weighted by Gasteiger charge is 2.14. The number of nitrogens with zero attached hydrogens (tertiary/aromatic N) is 2. The van der Waals surface area contributed by atoms with E-state index in [1.165, 1.54) is 4.68 Å². The molecule has 148 valence electrons. The van der Waals surface area contributed by atoms with Crippen LogP contribution in [0, 0.1) is 12.8 Å². The van der Waals surface area contributed by atoms with E-state index in [0.717, 1.165) is 28.6 Å². The molecule has 0 atom stereocenters. The average molecular weight is 388 g/mol. The first-order chi connectivity index (χ1) is 13.9. The Bertz CT molecular complexity index is 1250. The zero-order valence-corrected chi connectivity index (χ0v) is 16.8. The smallest absolute Gasteiger partial charge is 0.280 e. The van der Waals surface area contributed by atoms with Gasteiger partial charge in [-0.15, -0.1) is 0 Å². The SMILES string of the molecule is Cc1ccc(-n2[nH]c3c(cnc4ccc(C(=O)NCCC(C)C)cc43)c2=O)cc1. The molecule has 0 aliphatic carbocycles. The fraction of sp³-hybridized carbons (Fsp3) is 0.261. The Morgan fingerprint density at radius 2 is 1.90 bits per heavy atom. The van der Waals surface area contributed by atoms with Gasteiger partial charge in [-0.2, -0.15) is 0 Å². The summed E-state index contributed by atoms with van der Waals surface area (Å²) in [5.74, 6) is 0.409. The number of aromatic amines is 1. The van der Waals surface area contributed by atoms with Gasteiger partial charge in [0, 0.05) is 23.7 Å². The minimum absolute atomic E-state index is 0.120. The van der Waals surface area contributed by atoms with Gasteiger partial charge in [-0.1, -0.05) is 31.5 Å². The van der Waals surface area contributed by atoms with E-state index in [0.29, 0.717) is 28.9 Å². The van der Waals surface area contributed by atoms with E-state index < -0.39 is 0 Å². The highest BCUT2D eigenvalue weighted by molar-refractivity contribution is 6.06. The Morgan fingerprint density at radius 1 is 1.14 bits per heavy atom. The highest BCUT2D eigenvalue weighted by Crippen LogP contribution is 2.22. The van der Waals surface area contributed by atoms with E-state index in [1.54, 1.807) is 18.3 Å². The molecule has 0 spiro atoms. The van der Waals surface area contributed by atoms with Crippen molar-refractivity contribution >= 4 is 27.7 Å². The zero-order chi connectivity index (χ0) is 20.5. The van der Waals surface area contributed by atoms with Crippen molar-refractivity contribution in [3.63, 3.8) is 0 Å². The summed E-state index contributed by atoms with van der Waals surface area (Å²) < 4.78 is 1.51. The number of aromatic nitrogens is 3. The number of fused-ring (bicyclic) bond motifs is 3. The Morgan fingerprint density at radius 3 is 2.62 bits per heavy atom. The van der Waals surface area contributed by atoms with Crippen LogP contribution in [-0.4, -0.2) is 27.2 Å². The number of H-pyrrole nitrogens is 1. The lowest BCUT2D eigenvalue weighted by Gasteiger charge is -2.08. The Hall–Kier alpha value is -3.41. The molecule has 6 heteroatoms. The van der Waals surface area contributed by atoms with Crippen molar-refractivity contribution in [1.82, 2.24) is 20.1 Å². The van der Waals surface area contributed by atoms with E-state index in [2.05, 4.69) is 29.2 Å². The third-order valence-electron chi connectivity index (χ3n) is 5.09. The van der Waals surface area contributed by atoms with Gasteiger partial charge in [0.1, 0.15) is 0 Å². The molecule has 2 aromatic carbocycles. The summed E-state index contributed by atoms with van der Waals surface area (Å²) in [5.41, 5.74) is 3.68. The van der Waals surface area contributed by atoms with Crippen molar-refractivity contribution in [2.24, 2.45) is 5.92 Å². The molecule has 1 amide bonds. The van der Waals surface area contributed by atoms with Crippen LogP contribution in [0.3, 0.4) is 0 Å². The van der Waals surface area contributed by atoms with Gasteiger partial charge < -0.3 is 5.32 Å². The number of amides is 1. The van der Waals surface area contributed by atoms with Crippen molar-refractivity contribution in [3.05, 3.63) is 70.1 Å². The molecule has 0 unspecified atom stereocenters. The van der Waals surface area contributed by atoms with Gasteiger partial charge in [-0.05, 0) is 49.6 Å². The second kappa shape index (κ2) is 7.54. The van der Waals surface area contributed by atoms with Gasteiger partial charge in [-0.25, -0.2) is 4.68 Å². The van der Waals surface area contributed by atoms with Crippen LogP contribution in [0.1, 0.15) is 36.2 Å². The molecule has 0 fully saturated rings. The number of hydrogen-bond acceptors (Lipinski definition) is 3. The van der Waals surface area contributed by atoms with Crippen molar-refractivity contribution in [2.45, 2.75) is 27.2 Å². The lowest BCUT2D eigenvalue weighted by molar-refractivity contribution is 0.0952. The maximum atomic E-state index is 12.9. The van der Waals surface area contributed by atoms with Crippen LogP contribution in [-0.2, 0) is 0 Å². The highest BCUT2D eigenvalue weighted by atomic mass is 16.1. The van der Waals surface area contributed by atoms with Crippen LogP contribution in [0.2, 0.25) is 0 Å². The Kier molecular flexibility index (Phi) is 4.92. The molecule has 0 aliphatic heterocycles. The van der Waals surface area contributed by atoms with Crippen molar-refractivity contribution in [3.8, 4) is 5.69 Å². The van der Waals surface area contributed by atoms with Crippen molar-refractivity contribution in [2.75, 3.05) is 6.54 Å². The number of carbonyl (C=O) groups excluding carboxylic acids is 1.